The highest BCUT2D eigenvalue weighted by atomic mass is 19.3. The minimum absolute atomic E-state index is 0.149. The van der Waals surface area contributed by atoms with Gasteiger partial charge in [0.25, 0.3) is 0 Å². The Hall–Kier alpha value is -0.260. The molecule has 0 fully saturated rings. The number of hydrogen-bond donors (Lipinski definition) is 1. The Balaban J connectivity index is 3.98. The molecular weight excluding hydrogens is 156 g/mol. The van der Waals surface area contributed by atoms with E-state index in [-0.39, 0.29) is 6.54 Å². The van der Waals surface area contributed by atoms with E-state index in [0.29, 0.717) is 0 Å². The summed E-state index contributed by atoms with van der Waals surface area (Å²) in [6.07, 6.45) is -3.43. The van der Waals surface area contributed by atoms with Crippen LogP contribution in [0.3, 0.4) is 0 Å². The molecule has 0 amide bonds. The lowest BCUT2D eigenvalue weighted by Gasteiger charge is -2.22. The molecule has 0 saturated heterocycles. The molecule has 0 rings (SSSR count). The molecule has 0 aliphatic carbocycles. The summed E-state index contributed by atoms with van der Waals surface area (Å²) in [6, 6.07) is 0. The zero-order valence-corrected chi connectivity index (χ0v) is 6.59. The van der Waals surface area contributed by atoms with Crippen LogP contribution < -0.4 is 5.73 Å². The van der Waals surface area contributed by atoms with Crippen LogP contribution in [-0.4, -0.2) is 33.5 Å². The fourth-order valence-corrected chi connectivity index (χ4v) is 0.779. The number of nitrogens with two attached hydrogens (primary N) is 1. The second-order valence-electron chi connectivity index (χ2n) is 2.07. The molecule has 0 saturated carbocycles. The normalized spacial score (nSPS) is 14.5. The lowest BCUT2D eigenvalue weighted by atomic mass is 10.1. The molecule has 0 aromatic carbocycles. The second-order valence-corrected chi connectivity index (χ2v) is 2.07. The van der Waals surface area contributed by atoms with Gasteiger partial charge in [0.15, 0.2) is 6.29 Å². The van der Waals surface area contributed by atoms with Gasteiger partial charge in [-0.2, -0.15) is 0 Å². The Morgan fingerprint density at radius 3 is 1.82 bits per heavy atom. The molecule has 68 valence electrons. The Kier molecular flexibility index (Phi) is 5.27. The van der Waals surface area contributed by atoms with Crippen molar-refractivity contribution in [3.63, 3.8) is 0 Å². The monoisotopic (exact) mass is 169 g/mol. The summed E-state index contributed by atoms with van der Waals surface area (Å²) >= 11 is 0. The van der Waals surface area contributed by atoms with E-state index in [1.54, 1.807) is 0 Å². The van der Waals surface area contributed by atoms with E-state index >= 15 is 0 Å². The third-order valence-corrected chi connectivity index (χ3v) is 1.41. The van der Waals surface area contributed by atoms with Gasteiger partial charge >= 0.3 is 0 Å². The molecule has 0 spiro atoms. The Morgan fingerprint density at radius 1 is 1.27 bits per heavy atom. The summed E-state index contributed by atoms with van der Waals surface area (Å²) in [5, 5.41) is 0. The predicted molar refractivity (Wildman–Crippen MR) is 36.4 cm³/mol. The molecule has 11 heavy (non-hydrogen) atoms. The molecule has 0 aromatic rings. The molecule has 0 bridgehead atoms. The van der Waals surface area contributed by atoms with Crippen LogP contribution in [0.4, 0.5) is 8.78 Å². The molecule has 0 aromatic heterocycles. The Bertz CT molecular complexity index is 98.6. The van der Waals surface area contributed by atoms with Crippen molar-refractivity contribution in [1.82, 2.24) is 0 Å². The van der Waals surface area contributed by atoms with Crippen LogP contribution in [0.1, 0.15) is 0 Å². The molecule has 0 aliphatic heterocycles. The van der Waals surface area contributed by atoms with Crippen molar-refractivity contribution in [2.24, 2.45) is 11.7 Å². The minimum atomic E-state index is -2.51. The topological polar surface area (TPSA) is 44.5 Å². The van der Waals surface area contributed by atoms with Gasteiger partial charge in [0.1, 0.15) is 0 Å². The van der Waals surface area contributed by atoms with E-state index in [9.17, 15) is 8.78 Å². The first kappa shape index (κ1) is 10.7. The van der Waals surface area contributed by atoms with E-state index in [0.717, 1.165) is 0 Å². The average Bonchev–Trinajstić information content (AvgIpc) is 1.99. The SMILES string of the molecule is COC(OC)C(CN)C(F)F. The fourth-order valence-electron chi connectivity index (χ4n) is 0.779. The molecule has 5 heteroatoms. The Morgan fingerprint density at radius 2 is 1.73 bits per heavy atom. The van der Waals surface area contributed by atoms with Gasteiger partial charge in [-0.15, -0.1) is 0 Å². The molecule has 2 N–H and O–H groups in total. The quantitative estimate of drug-likeness (QED) is 0.607. The van der Waals surface area contributed by atoms with Crippen LogP contribution >= 0.6 is 0 Å². The number of ether oxygens (including phenoxy) is 2. The van der Waals surface area contributed by atoms with Gasteiger partial charge in [-0.05, 0) is 0 Å². The van der Waals surface area contributed by atoms with Gasteiger partial charge in [-0.3, -0.25) is 0 Å². The van der Waals surface area contributed by atoms with Crippen molar-refractivity contribution in [3.8, 4) is 0 Å². The maximum atomic E-state index is 12.1. The Labute approximate surface area is 64.5 Å². The number of halogens is 2. The molecule has 0 radical (unpaired) electrons. The van der Waals surface area contributed by atoms with E-state index in [1.807, 2.05) is 0 Å². The first-order valence-corrected chi connectivity index (χ1v) is 3.21. The zero-order valence-electron chi connectivity index (χ0n) is 6.59. The number of hydrogen-bond acceptors (Lipinski definition) is 3. The highest BCUT2D eigenvalue weighted by Gasteiger charge is 2.28. The van der Waals surface area contributed by atoms with Gasteiger partial charge in [0, 0.05) is 20.8 Å². The van der Waals surface area contributed by atoms with Crippen molar-refractivity contribution in [3.05, 3.63) is 0 Å². The van der Waals surface area contributed by atoms with Crippen molar-refractivity contribution in [2.45, 2.75) is 12.7 Å². The van der Waals surface area contributed by atoms with Crippen molar-refractivity contribution >= 4 is 0 Å². The molecule has 3 nitrogen and oxygen atoms in total. The van der Waals surface area contributed by atoms with Gasteiger partial charge < -0.3 is 15.2 Å². The van der Waals surface area contributed by atoms with Gasteiger partial charge in [0.05, 0.1) is 5.92 Å². The van der Waals surface area contributed by atoms with Gasteiger partial charge in [-0.1, -0.05) is 0 Å². The van der Waals surface area contributed by atoms with Crippen LogP contribution in [-0.2, 0) is 9.47 Å². The van der Waals surface area contributed by atoms with Crippen LogP contribution in [0, 0.1) is 5.92 Å². The molecule has 0 heterocycles. The fraction of sp³-hybridized carbons (Fsp3) is 1.00. The zero-order chi connectivity index (χ0) is 8.85. The maximum Gasteiger partial charge on any atom is 0.247 e. The average molecular weight is 169 g/mol. The van der Waals surface area contributed by atoms with Crippen molar-refractivity contribution in [2.75, 3.05) is 20.8 Å². The summed E-state index contributed by atoms with van der Waals surface area (Å²) in [6.45, 7) is -0.149. The highest BCUT2D eigenvalue weighted by Crippen LogP contribution is 2.15. The largest absolute Gasteiger partial charge is 0.355 e. The van der Waals surface area contributed by atoms with E-state index < -0.39 is 18.6 Å². The van der Waals surface area contributed by atoms with Gasteiger partial charge in [-0.25, -0.2) is 8.78 Å². The summed E-state index contributed by atoms with van der Waals surface area (Å²) in [4.78, 5) is 0. The molecular formula is C6H13F2NO2. The third kappa shape index (κ3) is 3.09. The van der Waals surface area contributed by atoms with Crippen LogP contribution in [0.5, 0.6) is 0 Å². The summed E-state index contributed by atoms with van der Waals surface area (Å²) in [7, 11) is 2.61. The smallest absolute Gasteiger partial charge is 0.247 e. The lowest BCUT2D eigenvalue weighted by Crippen LogP contribution is -2.36. The third-order valence-electron chi connectivity index (χ3n) is 1.41. The van der Waals surface area contributed by atoms with E-state index in [4.69, 9.17) is 5.73 Å². The second kappa shape index (κ2) is 5.40. The maximum absolute atomic E-state index is 12.1. The molecule has 1 atom stereocenters. The summed E-state index contributed by atoms with van der Waals surface area (Å²) in [5.74, 6) is -1.05. The number of methoxy groups -OCH3 is 2. The first-order chi connectivity index (χ1) is 5.17. The summed E-state index contributed by atoms with van der Waals surface area (Å²) < 4.78 is 33.4. The molecule has 0 aliphatic rings. The van der Waals surface area contributed by atoms with E-state index in [2.05, 4.69) is 9.47 Å². The summed E-state index contributed by atoms with van der Waals surface area (Å²) in [5.41, 5.74) is 5.09. The minimum Gasteiger partial charge on any atom is -0.355 e. The first-order valence-electron chi connectivity index (χ1n) is 3.21. The van der Waals surface area contributed by atoms with Crippen LogP contribution in [0.15, 0.2) is 0 Å². The van der Waals surface area contributed by atoms with E-state index in [1.165, 1.54) is 14.2 Å². The highest BCUT2D eigenvalue weighted by molar-refractivity contribution is 4.65. The van der Waals surface area contributed by atoms with Crippen molar-refractivity contribution < 1.29 is 18.3 Å². The number of alkyl halides is 2. The predicted octanol–water partition coefficient (Wildman–Crippen LogP) is 0.445. The van der Waals surface area contributed by atoms with Crippen molar-refractivity contribution in [1.29, 1.82) is 0 Å². The standard InChI is InChI=1S/C6H13F2NO2/c1-10-6(11-2)4(3-9)5(7)8/h4-6H,3,9H2,1-2H3. The number of rotatable bonds is 5. The molecule has 1 unspecified atom stereocenters. The van der Waals surface area contributed by atoms with Crippen LogP contribution in [0.25, 0.3) is 0 Å². The lowest BCUT2D eigenvalue weighted by molar-refractivity contribution is -0.164. The van der Waals surface area contributed by atoms with Gasteiger partial charge in [0.2, 0.25) is 6.43 Å². The van der Waals surface area contributed by atoms with Crippen LogP contribution in [0.2, 0.25) is 0 Å².